The Kier molecular flexibility index (Phi) is 4.21. The number of primary amides is 1. The molecule has 0 unspecified atom stereocenters. The zero-order chi connectivity index (χ0) is 17.5. The summed E-state index contributed by atoms with van der Waals surface area (Å²) < 4.78 is 32.6. The average molecular weight is 350 g/mol. The topological polar surface area (TPSA) is 65.2 Å². The van der Waals surface area contributed by atoms with Gasteiger partial charge in [0, 0.05) is 5.56 Å². The van der Waals surface area contributed by atoms with Gasteiger partial charge in [0.1, 0.15) is 17.1 Å². The second kappa shape index (κ2) is 6.05. The fourth-order valence-electron chi connectivity index (χ4n) is 2.76. The molecule has 0 fully saturated rings. The van der Waals surface area contributed by atoms with Crippen LogP contribution in [0.4, 0.5) is 8.28 Å². The van der Waals surface area contributed by atoms with Gasteiger partial charge in [0.25, 0.3) is 5.91 Å². The van der Waals surface area contributed by atoms with Crippen LogP contribution in [0, 0.1) is 5.82 Å². The lowest BCUT2D eigenvalue weighted by atomic mass is 9.90. The minimum Gasteiger partial charge on any atom is -0.471 e. The van der Waals surface area contributed by atoms with Crippen LogP contribution in [-0.2, 0) is 6.42 Å². The van der Waals surface area contributed by atoms with Crippen molar-refractivity contribution in [3.05, 3.63) is 41.3 Å². The van der Waals surface area contributed by atoms with E-state index < -0.39 is 17.3 Å². The third-order valence-electron chi connectivity index (χ3n) is 4.01. The van der Waals surface area contributed by atoms with Crippen LogP contribution < -0.4 is 10.5 Å². The molecule has 126 valence electrons. The summed E-state index contributed by atoms with van der Waals surface area (Å²) in [5, 5.41) is 0. The highest BCUT2D eigenvalue weighted by Gasteiger charge is 2.31. The zero-order valence-electron chi connectivity index (χ0n) is 13.2. The van der Waals surface area contributed by atoms with Gasteiger partial charge < -0.3 is 10.5 Å². The zero-order valence-corrected chi connectivity index (χ0v) is 14.0. The number of amides is 1. The Hall–Kier alpha value is -2.15. The van der Waals surface area contributed by atoms with Crippen LogP contribution in [0.3, 0.4) is 0 Å². The lowest BCUT2D eigenvalue weighted by Gasteiger charge is -2.33. The Morgan fingerprint density at radius 1 is 1.33 bits per heavy atom. The van der Waals surface area contributed by atoms with Gasteiger partial charge in [-0.05, 0) is 56.0 Å². The van der Waals surface area contributed by atoms with E-state index >= 15 is 0 Å². The van der Waals surface area contributed by atoms with Crippen LogP contribution in [0.5, 0.6) is 5.88 Å². The van der Waals surface area contributed by atoms with E-state index in [1.807, 2.05) is 13.8 Å². The first-order valence-corrected chi connectivity index (χ1v) is 8.14. The summed E-state index contributed by atoms with van der Waals surface area (Å²) >= 11 is -0.0483. The van der Waals surface area contributed by atoms with Crippen molar-refractivity contribution in [1.82, 2.24) is 4.98 Å². The fraction of sp³-hybridized carbons (Fsp3) is 0.294. The molecule has 1 aromatic carbocycles. The second-order valence-electron chi connectivity index (χ2n) is 6.28. The first-order valence-electron chi connectivity index (χ1n) is 7.42. The van der Waals surface area contributed by atoms with Crippen molar-refractivity contribution in [2.75, 3.05) is 0 Å². The van der Waals surface area contributed by atoms with Gasteiger partial charge in [0.2, 0.25) is 5.88 Å². The van der Waals surface area contributed by atoms with Crippen molar-refractivity contribution >= 4 is 18.1 Å². The number of hydrogen-bond donors (Lipinski definition) is 1. The van der Waals surface area contributed by atoms with E-state index in [0.717, 1.165) is 18.1 Å². The predicted octanol–water partition coefficient (Wildman–Crippen LogP) is 4.07. The Morgan fingerprint density at radius 2 is 2.08 bits per heavy atom. The SMILES string of the molecule is CC1(C)CCc2c(-c3ccc(F)cc3SF)cc(C(N)=O)nc2O1. The molecule has 0 radical (unpaired) electrons. The lowest BCUT2D eigenvalue weighted by Crippen LogP contribution is -2.34. The maximum Gasteiger partial charge on any atom is 0.267 e. The Balaban J connectivity index is 2.24. The maximum atomic E-state index is 13.4. The number of nitrogens with two attached hydrogens (primary N) is 1. The van der Waals surface area contributed by atoms with Gasteiger partial charge in [0.15, 0.2) is 0 Å². The van der Waals surface area contributed by atoms with Gasteiger partial charge >= 0.3 is 0 Å². The fourth-order valence-corrected chi connectivity index (χ4v) is 3.18. The van der Waals surface area contributed by atoms with Gasteiger partial charge in [-0.25, -0.2) is 9.37 Å². The molecule has 1 aliphatic heterocycles. The maximum absolute atomic E-state index is 13.4. The van der Waals surface area contributed by atoms with Crippen molar-refractivity contribution in [3.63, 3.8) is 0 Å². The normalized spacial score (nSPS) is 15.5. The average Bonchev–Trinajstić information content (AvgIpc) is 2.52. The second-order valence-corrected chi connectivity index (χ2v) is 6.88. The monoisotopic (exact) mass is 350 g/mol. The smallest absolute Gasteiger partial charge is 0.267 e. The molecule has 1 aromatic heterocycles. The molecule has 0 saturated carbocycles. The van der Waals surface area contributed by atoms with Crippen molar-refractivity contribution in [3.8, 4) is 17.0 Å². The molecule has 1 aliphatic rings. The third-order valence-corrected chi connectivity index (χ3v) is 4.51. The molecule has 3 rings (SSSR count). The molecule has 24 heavy (non-hydrogen) atoms. The van der Waals surface area contributed by atoms with E-state index in [9.17, 15) is 13.1 Å². The minimum atomic E-state index is -0.706. The van der Waals surface area contributed by atoms with E-state index in [1.165, 1.54) is 18.2 Å². The standard InChI is InChI=1S/C17H16F2N2O2S/c1-17(2)6-5-11-12(8-13(15(20)22)21-16(11)23-17)10-4-3-9(18)7-14(10)24-19/h3-4,7-8H,5-6H2,1-2H3,(H2,20,22). The molecule has 4 nitrogen and oxygen atoms in total. The highest BCUT2D eigenvalue weighted by molar-refractivity contribution is 7.94. The van der Waals surface area contributed by atoms with Crippen LogP contribution in [0.15, 0.2) is 29.2 Å². The molecule has 0 aliphatic carbocycles. The molecule has 2 N–H and O–H groups in total. The number of hydrogen-bond acceptors (Lipinski definition) is 4. The van der Waals surface area contributed by atoms with E-state index in [0.29, 0.717) is 23.4 Å². The van der Waals surface area contributed by atoms with Gasteiger partial charge in [-0.1, -0.05) is 6.07 Å². The highest BCUT2D eigenvalue weighted by Crippen LogP contribution is 2.41. The van der Waals surface area contributed by atoms with E-state index in [-0.39, 0.29) is 22.7 Å². The predicted molar refractivity (Wildman–Crippen MR) is 88.1 cm³/mol. The van der Waals surface area contributed by atoms with Gasteiger partial charge in [0.05, 0.1) is 17.0 Å². The number of pyridine rings is 1. The van der Waals surface area contributed by atoms with Crippen molar-refractivity contribution in [1.29, 1.82) is 0 Å². The minimum absolute atomic E-state index is 0.0283. The molecular formula is C17H16F2N2O2S. The highest BCUT2D eigenvalue weighted by atomic mass is 32.2. The summed E-state index contributed by atoms with van der Waals surface area (Å²) in [5.41, 5.74) is 6.80. The molecular weight excluding hydrogens is 334 g/mol. The number of carbonyl (C=O) groups is 1. The largest absolute Gasteiger partial charge is 0.471 e. The molecule has 1 amide bonds. The Morgan fingerprint density at radius 3 is 2.75 bits per heavy atom. The number of carbonyl (C=O) groups excluding carboxylic acids is 1. The summed E-state index contributed by atoms with van der Waals surface area (Å²) in [4.78, 5) is 15.9. The first kappa shape index (κ1) is 16.7. The molecule has 7 heteroatoms. The van der Waals surface area contributed by atoms with Gasteiger partial charge in [-0.15, -0.1) is 0 Å². The molecule has 0 saturated heterocycles. The lowest BCUT2D eigenvalue weighted by molar-refractivity contribution is 0.0774. The summed E-state index contributed by atoms with van der Waals surface area (Å²) in [6.45, 7) is 3.85. The van der Waals surface area contributed by atoms with E-state index in [2.05, 4.69) is 4.98 Å². The molecule has 0 atom stereocenters. The molecule has 0 bridgehead atoms. The van der Waals surface area contributed by atoms with Crippen molar-refractivity contribution < 1.29 is 17.8 Å². The Bertz CT molecular complexity index is 824. The quantitative estimate of drug-likeness (QED) is 0.906. The van der Waals surface area contributed by atoms with Crippen LogP contribution >= 0.6 is 12.1 Å². The van der Waals surface area contributed by atoms with Crippen molar-refractivity contribution in [2.45, 2.75) is 37.2 Å². The number of rotatable bonds is 3. The first-order chi connectivity index (χ1) is 11.3. The molecule has 2 heterocycles. The number of ether oxygens (including phenoxy) is 1. The summed E-state index contributed by atoms with van der Waals surface area (Å²) in [5.74, 6) is -0.923. The van der Waals surface area contributed by atoms with E-state index in [4.69, 9.17) is 10.5 Å². The summed E-state index contributed by atoms with van der Waals surface area (Å²) in [6, 6.07) is 5.36. The van der Waals surface area contributed by atoms with Crippen LogP contribution in [0.25, 0.3) is 11.1 Å². The van der Waals surface area contributed by atoms with E-state index in [1.54, 1.807) is 0 Å². The number of fused-ring (bicyclic) bond motifs is 1. The number of aromatic nitrogens is 1. The number of nitrogens with zero attached hydrogens (tertiary/aromatic N) is 1. The number of halogens is 2. The van der Waals surface area contributed by atoms with Crippen LogP contribution in [0.2, 0.25) is 0 Å². The van der Waals surface area contributed by atoms with Crippen LogP contribution in [-0.4, -0.2) is 16.5 Å². The molecule has 0 spiro atoms. The van der Waals surface area contributed by atoms with Crippen molar-refractivity contribution in [2.24, 2.45) is 5.73 Å². The van der Waals surface area contributed by atoms with Crippen LogP contribution in [0.1, 0.15) is 36.3 Å². The third kappa shape index (κ3) is 3.08. The van der Waals surface area contributed by atoms with Gasteiger partial charge in [-0.3, -0.25) is 4.79 Å². The summed E-state index contributed by atoms with van der Waals surface area (Å²) in [6.07, 6.45) is 1.39. The molecule has 2 aromatic rings. The number of benzene rings is 1. The van der Waals surface area contributed by atoms with Gasteiger partial charge in [-0.2, -0.15) is 3.89 Å². The Labute approximate surface area is 142 Å². The summed E-state index contributed by atoms with van der Waals surface area (Å²) in [7, 11) is 0.